The van der Waals surface area contributed by atoms with Crippen LogP contribution in [0, 0.1) is 0 Å². The average Bonchev–Trinajstić information content (AvgIpc) is 2.17. The van der Waals surface area contributed by atoms with E-state index in [1.807, 2.05) is 0 Å². The Morgan fingerprint density at radius 3 is 2.07 bits per heavy atom. The molecule has 0 saturated carbocycles. The molecule has 0 fully saturated rings. The van der Waals surface area contributed by atoms with E-state index in [-0.39, 0.29) is 12.8 Å². The maximum absolute atomic E-state index is 11.4. The van der Waals surface area contributed by atoms with E-state index in [0.717, 1.165) is 0 Å². The van der Waals surface area contributed by atoms with Gasteiger partial charge in [0.1, 0.15) is 0 Å². The molecule has 0 atom stereocenters. The summed E-state index contributed by atoms with van der Waals surface area (Å²) in [6, 6.07) is 0. The smallest absolute Gasteiger partial charge is 0.331 e. The fourth-order valence-electron chi connectivity index (χ4n) is 1.60. The van der Waals surface area contributed by atoms with Crippen molar-refractivity contribution in [1.29, 1.82) is 0 Å². The molecule has 0 rings (SSSR count). The first-order valence-electron chi connectivity index (χ1n) is 4.95. The van der Waals surface area contributed by atoms with Crippen LogP contribution in [-0.4, -0.2) is 28.0 Å². The average molecular weight is 238 g/mol. The number of methoxy groups -OCH3 is 1. The van der Waals surface area contributed by atoms with Crippen LogP contribution in [0.5, 0.6) is 0 Å². The van der Waals surface area contributed by atoms with E-state index in [2.05, 4.69) is 4.74 Å². The van der Waals surface area contributed by atoms with Crippen molar-refractivity contribution in [3.05, 3.63) is 0 Å². The van der Waals surface area contributed by atoms with E-state index in [9.17, 15) is 19.1 Å². The Morgan fingerprint density at radius 1 is 1.33 bits per heavy atom. The van der Waals surface area contributed by atoms with E-state index < -0.39 is 18.7 Å². The lowest BCUT2D eigenvalue weighted by Crippen LogP contribution is -2.28. The lowest BCUT2D eigenvalue weighted by atomic mass is 9.96. The molecule has 0 amide bonds. The first-order valence-corrected chi connectivity index (χ1v) is 6.56. The molecule has 2 N–H and O–H groups in total. The number of esters is 1. The molecule has 0 aliphatic heterocycles. The highest BCUT2D eigenvalue weighted by Crippen LogP contribution is 2.56. The van der Waals surface area contributed by atoms with Crippen LogP contribution in [0.1, 0.15) is 39.5 Å². The molecule has 0 aromatic carbocycles. The summed E-state index contributed by atoms with van der Waals surface area (Å²) in [5, 5.41) is -1.08. The summed E-state index contributed by atoms with van der Waals surface area (Å²) >= 11 is 0. The van der Waals surface area contributed by atoms with E-state index in [1.54, 1.807) is 13.8 Å². The van der Waals surface area contributed by atoms with E-state index in [1.165, 1.54) is 7.11 Å². The summed E-state index contributed by atoms with van der Waals surface area (Å²) < 4.78 is 15.8. The standard InChI is InChI=1S/C9H19O5P/c1-4-9(5-2,15(11,12)13)7-6-8(10)14-3/h4-7H2,1-3H3,(H2,11,12,13). The van der Waals surface area contributed by atoms with Crippen LogP contribution >= 0.6 is 7.60 Å². The number of ether oxygens (including phenoxy) is 1. The fourth-order valence-corrected chi connectivity index (χ4v) is 2.82. The molecule has 0 spiro atoms. The lowest BCUT2D eigenvalue weighted by Gasteiger charge is -2.31. The van der Waals surface area contributed by atoms with Crippen LogP contribution in [-0.2, 0) is 14.1 Å². The minimum absolute atomic E-state index is 0.0449. The third-order valence-electron chi connectivity index (χ3n) is 2.96. The van der Waals surface area contributed by atoms with Crippen molar-refractivity contribution in [2.45, 2.75) is 44.7 Å². The summed E-state index contributed by atoms with van der Waals surface area (Å²) in [6.45, 7) is 3.44. The number of carbonyl (C=O) groups excluding carboxylic acids is 1. The third kappa shape index (κ3) is 3.59. The molecule has 6 heteroatoms. The first kappa shape index (κ1) is 14.6. The van der Waals surface area contributed by atoms with Gasteiger partial charge in [-0.3, -0.25) is 9.36 Å². The van der Waals surface area contributed by atoms with Gasteiger partial charge in [-0.1, -0.05) is 13.8 Å². The number of hydrogen-bond acceptors (Lipinski definition) is 3. The molecule has 0 aliphatic carbocycles. The highest BCUT2D eigenvalue weighted by Gasteiger charge is 2.43. The molecule has 90 valence electrons. The topological polar surface area (TPSA) is 83.8 Å². The van der Waals surface area contributed by atoms with Crippen molar-refractivity contribution < 1.29 is 23.9 Å². The molecule has 0 aromatic heterocycles. The maximum Gasteiger partial charge on any atom is 0.331 e. The van der Waals surface area contributed by atoms with Crippen LogP contribution in [0.25, 0.3) is 0 Å². The Balaban J connectivity index is 4.67. The predicted octanol–water partition coefficient (Wildman–Crippen LogP) is 1.68. The monoisotopic (exact) mass is 238 g/mol. The van der Waals surface area contributed by atoms with E-state index in [0.29, 0.717) is 12.8 Å². The van der Waals surface area contributed by atoms with Crippen molar-refractivity contribution in [3.63, 3.8) is 0 Å². The van der Waals surface area contributed by atoms with Gasteiger partial charge in [0, 0.05) is 6.42 Å². The molecular formula is C9H19O5P. The van der Waals surface area contributed by atoms with Crippen molar-refractivity contribution >= 4 is 13.6 Å². The molecule has 0 radical (unpaired) electrons. The molecule has 0 saturated heterocycles. The van der Waals surface area contributed by atoms with Gasteiger partial charge in [0.15, 0.2) is 0 Å². The second kappa shape index (κ2) is 5.64. The summed E-state index contributed by atoms with van der Waals surface area (Å²) in [4.78, 5) is 29.5. The van der Waals surface area contributed by atoms with Crippen LogP contribution < -0.4 is 0 Å². The van der Waals surface area contributed by atoms with Gasteiger partial charge in [0.2, 0.25) is 0 Å². The molecule has 0 aromatic rings. The Kier molecular flexibility index (Phi) is 5.49. The summed E-state index contributed by atoms with van der Waals surface area (Å²) in [5.74, 6) is -0.435. The molecule has 15 heavy (non-hydrogen) atoms. The van der Waals surface area contributed by atoms with E-state index in [4.69, 9.17) is 0 Å². The zero-order chi connectivity index (χ0) is 12.1. The van der Waals surface area contributed by atoms with Crippen LogP contribution in [0.2, 0.25) is 0 Å². The van der Waals surface area contributed by atoms with Crippen LogP contribution in [0.15, 0.2) is 0 Å². The lowest BCUT2D eigenvalue weighted by molar-refractivity contribution is -0.140. The van der Waals surface area contributed by atoms with Gasteiger partial charge < -0.3 is 14.5 Å². The van der Waals surface area contributed by atoms with Gasteiger partial charge in [-0.2, -0.15) is 0 Å². The minimum atomic E-state index is -4.18. The van der Waals surface area contributed by atoms with Gasteiger partial charge in [-0.05, 0) is 19.3 Å². The SMILES string of the molecule is CCC(CC)(CCC(=O)OC)P(=O)(O)O. The molecule has 0 aliphatic rings. The fraction of sp³-hybridized carbons (Fsp3) is 0.889. The van der Waals surface area contributed by atoms with Gasteiger partial charge in [0.05, 0.1) is 12.3 Å². The molecule has 0 bridgehead atoms. The second-order valence-electron chi connectivity index (χ2n) is 3.55. The zero-order valence-corrected chi connectivity index (χ0v) is 10.3. The zero-order valence-electron chi connectivity index (χ0n) is 9.39. The normalized spacial score (nSPS) is 12.6. The van der Waals surface area contributed by atoms with Crippen molar-refractivity contribution in [2.75, 3.05) is 7.11 Å². The molecule has 0 unspecified atom stereocenters. The van der Waals surface area contributed by atoms with E-state index >= 15 is 0 Å². The molecule has 5 nitrogen and oxygen atoms in total. The Morgan fingerprint density at radius 2 is 1.80 bits per heavy atom. The number of carbonyl (C=O) groups is 1. The maximum atomic E-state index is 11.4. The second-order valence-corrected chi connectivity index (χ2v) is 5.59. The highest BCUT2D eigenvalue weighted by molar-refractivity contribution is 7.53. The number of hydrogen-bond donors (Lipinski definition) is 2. The van der Waals surface area contributed by atoms with Crippen molar-refractivity contribution in [3.8, 4) is 0 Å². The Hall–Kier alpha value is -0.380. The highest BCUT2D eigenvalue weighted by atomic mass is 31.2. The van der Waals surface area contributed by atoms with Gasteiger partial charge >= 0.3 is 13.6 Å². The van der Waals surface area contributed by atoms with Gasteiger partial charge in [0.25, 0.3) is 0 Å². The summed E-state index contributed by atoms with van der Waals surface area (Å²) in [5.41, 5.74) is 0. The van der Waals surface area contributed by atoms with Gasteiger partial charge in [-0.15, -0.1) is 0 Å². The Bertz CT molecular complexity index is 253. The van der Waals surface area contributed by atoms with Gasteiger partial charge in [-0.25, -0.2) is 0 Å². The molecule has 0 heterocycles. The van der Waals surface area contributed by atoms with Crippen LogP contribution in [0.4, 0.5) is 0 Å². The largest absolute Gasteiger partial charge is 0.469 e. The summed E-state index contributed by atoms with van der Waals surface area (Å²) in [6.07, 6.45) is 0.912. The Labute approximate surface area is 90.0 Å². The first-order chi connectivity index (χ1) is 6.83. The minimum Gasteiger partial charge on any atom is -0.469 e. The third-order valence-corrected chi connectivity index (χ3v) is 5.05. The van der Waals surface area contributed by atoms with Crippen molar-refractivity contribution in [1.82, 2.24) is 0 Å². The van der Waals surface area contributed by atoms with Crippen LogP contribution in [0.3, 0.4) is 0 Å². The summed E-state index contributed by atoms with van der Waals surface area (Å²) in [7, 11) is -2.92. The predicted molar refractivity (Wildman–Crippen MR) is 56.6 cm³/mol. The quantitative estimate of drug-likeness (QED) is 0.543. The number of rotatable bonds is 6. The van der Waals surface area contributed by atoms with Crippen molar-refractivity contribution in [2.24, 2.45) is 0 Å². The molecular weight excluding hydrogens is 219 g/mol.